The third kappa shape index (κ3) is 3.78. The van der Waals surface area contributed by atoms with Gasteiger partial charge in [-0.05, 0) is 7.05 Å². The van der Waals surface area contributed by atoms with E-state index in [1.54, 1.807) is 4.68 Å². The largest absolute Gasteiger partial charge is 0.366 e. The molecule has 1 N–H and O–H groups in total. The molecule has 0 aliphatic carbocycles. The summed E-state index contributed by atoms with van der Waals surface area (Å²) in [5.74, 6) is -0.0700. The fourth-order valence-corrected chi connectivity index (χ4v) is 2.74. The first-order valence-electron chi connectivity index (χ1n) is 7.79. The molecule has 0 spiro atoms. The summed E-state index contributed by atoms with van der Waals surface area (Å²) in [6.45, 7) is 2.53. The fourth-order valence-electron chi connectivity index (χ4n) is 2.74. The number of benzene rings is 1. The summed E-state index contributed by atoms with van der Waals surface area (Å²) in [6.07, 6.45) is 1.54. The molecule has 1 fully saturated rings. The van der Waals surface area contributed by atoms with E-state index in [0.717, 1.165) is 23.4 Å². The van der Waals surface area contributed by atoms with Gasteiger partial charge in [-0.15, -0.1) is 0 Å². The zero-order valence-electron chi connectivity index (χ0n) is 13.5. The number of morpholine rings is 1. The van der Waals surface area contributed by atoms with E-state index in [2.05, 4.69) is 15.3 Å². The first-order chi connectivity index (χ1) is 11.1. The summed E-state index contributed by atoms with van der Waals surface area (Å²) in [5, 5.41) is 7.48. The molecule has 6 nitrogen and oxygen atoms in total. The minimum atomic E-state index is -0.398. The van der Waals surface area contributed by atoms with Crippen molar-refractivity contribution in [2.45, 2.75) is 12.6 Å². The maximum Gasteiger partial charge on any atom is 0.250 e. The molecule has 1 amide bonds. The van der Waals surface area contributed by atoms with Gasteiger partial charge in [0.2, 0.25) is 0 Å². The molecule has 1 aliphatic heterocycles. The number of rotatable bonds is 4. The van der Waals surface area contributed by atoms with E-state index in [-0.39, 0.29) is 5.91 Å². The number of nitrogens with one attached hydrogen (secondary N) is 1. The van der Waals surface area contributed by atoms with Crippen LogP contribution in [0, 0.1) is 0 Å². The number of ether oxygens (including phenoxy) is 1. The van der Waals surface area contributed by atoms with E-state index < -0.39 is 6.10 Å². The molecule has 1 aromatic carbocycles. The molecule has 1 aliphatic rings. The Morgan fingerprint density at radius 3 is 2.87 bits per heavy atom. The molecule has 2 aromatic rings. The smallest absolute Gasteiger partial charge is 0.250 e. The van der Waals surface area contributed by atoms with Crippen LogP contribution in [0.3, 0.4) is 0 Å². The third-order valence-corrected chi connectivity index (χ3v) is 3.97. The van der Waals surface area contributed by atoms with Gasteiger partial charge in [-0.1, -0.05) is 30.3 Å². The van der Waals surface area contributed by atoms with Crippen LogP contribution in [0.5, 0.6) is 0 Å². The van der Waals surface area contributed by atoms with Crippen LogP contribution in [0.15, 0.2) is 36.5 Å². The van der Waals surface area contributed by atoms with Gasteiger partial charge in [0, 0.05) is 44.0 Å². The molecule has 1 unspecified atom stereocenters. The normalized spacial score (nSPS) is 18.8. The molecule has 0 bridgehead atoms. The molecule has 1 atom stereocenters. The fraction of sp³-hybridized carbons (Fsp3) is 0.412. The van der Waals surface area contributed by atoms with Crippen LogP contribution >= 0.6 is 0 Å². The number of likely N-dealkylation sites (N-methyl/N-ethyl adjacent to an activating group) is 1. The number of aryl methyl sites for hydroxylation is 1. The summed E-state index contributed by atoms with van der Waals surface area (Å²) in [6, 6.07) is 9.99. The average Bonchev–Trinajstić information content (AvgIpc) is 2.94. The van der Waals surface area contributed by atoms with E-state index in [1.807, 2.05) is 50.6 Å². The Bertz CT molecular complexity index is 668. The lowest BCUT2D eigenvalue weighted by atomic mass is 10.1. The molecule has 0 saturated carbocycles. The predicted molar refractivity (Wildman–Crippen MR) is 87.7 cm³/mol. The lowest BCUT2D eigenvalue weighted by Gasteiger charge is -2.29. The van der Waals surface area contributed by atoms with Crippen molar-refractivity contribution in [3.05, 3.63) is 42.1 Å². The Morgan fingerprint density at radius 1 is 1.35 bits per heavy atom. The number of hydrogen-bond donors (Lipinski definition) is 1. The van der Waals surface area contributed by atoms with Crippen molar-refractivity contribution < 1.29 is 9.53 Å². The number of carbonyl (C=O) groups excluding carboxylic acids is 1. The van der Waals surface area contributed by atoms with Gasteiger partial charge in [-0.25, -0.2) is 0 Å². The Labute approximate surface area is 136 Å². The molecule has 0 radical (unpaired) electrons. The number of nitrogens with zero attached hydrogens (tertiary/aromatic N) is 3. The van der Waals surface area contributed by atoms with Gasteiger partial charge in [0.25, 0.3) is 5.91 Å². The maximum atomic E-state index is 12.3. The minimum absolute atomic E-state index is 0.0700. The van der Waals surface area contributed by atoms with Gasteiger partial charge in [0.1, 0.15) is 6.10 Å². The van der Waals surface area contributed by atoms with Crippen molar-refractivity contribution >= 4 is 5.91 Å². The Kier molecular flexibility index (Phi) is 4.73. The zero-order valence-corrected chi connectivity index (χ0v) is 13.5. The summed E-state index contributed by atoms with van der Waals surface area (Å²) < 4.78 is 7.32. The first-order valence-corrected chi connectivity index (χ1v) is 7.79. The van der Waals surface area contributed by atoms with Crippen molar-refractivity contribution in [3.63, 3.8) is 0 Å². The summed E-state index contributed by atoms with van der Waals surface area (Å²) in [7, 11) is 3.88. The Morgan fingerprint density at radius 2 is 2.13 bits per heavy atom. The van der Waals surface area contributed by atoms with Crippen LogP contribution in [0.4, 0.5) is 0 Å². The van der Waals surface area contributed by atoms with Gasteiger partial charge in [-0.2, -0.15) is 5.10 Å². The summed E-state index contributed by atoms with van der Waals surface area (Å²) >= 11 is 0. The van der Waals surface area contributed by atoms with E-state index in [4.69, 9.17) is 4.74 Å². The molecular formula is C17H22N4O2. The highest BCUT2D eigenvalue weighted by atomic mass is 16.5. The Balaban J connectivity index is 1.68. The van der Waals surface area contributed by atoms with Crippen molar-refractivity contribution in [2.75, 3.05) is 26.7 Å². The molecule has 1 saturated heterocycles. The van der Waals surface area contributed by atoms with E-state index in [1.165, 1.54) is 0 Å². The van der Waals surface area contributed by atoms with Gasteiger partial charge in [-0.3, -0.25) is 9.48 Å². The molecule has 3 rings (SSSR count). The molecule has 23 heavy (non-hydrogen) atoms. The van der Waals surface area contributed by atoms with Gasteiger partial charge in [0.05, 0.1) is 12.3 Å². The highest BCUT2D eigenvalue weighted by Crippen LogP contribution is 2.21. The minimum Gasteiger partial charge on any atom is -0.366 e. The molecule has 1 aromatic heterocycles. The topological polar surface area (TPSA) is 59.4 Å². The van der Waals surface area contributed by atoms with Crippen LogP contribution in [0.25, 0.3) is 11.3 Å². The van der Waals surface area contributed by atoms with Crippen LogP contribution in [0.1, 0.15) is 5.56 Å². The number of hydrogen-bond acceptors (Lipinski definition) is 4. The van der Waals surface area contributed by atoms with Gasteiger partial charge in [0.15, 0.2) is 0 Å². The lowest BCUT2D eigenvalue weighted by Crippen LogP contribution is -2.48. The van der Waals surface area contributed by atoms with Crippen molar-refractivity contribution in [1.82, 2.24) is 20.0 Å². The highest BCUT2D eigenvalue weighted by molar-refractivity contribution is 5.81. The zero-order chi connectivity index (χ0) is 16.2. The van der Waals surface area contributed by atoms with Gasteiger partial charge < -0.3 is 15.0 Å². The van der Waals surface area contributed by atoms with Gasteiger partial charge >= 0.3 is 0 Å². The standard InChI is InChI=1S/C17H22N4O2/c1-20-8-9-23-15(12-20)17(22)18-10-14-11-21(2)19-16(14)13-6-4-3-5-7-13/h3-7,11,15H,8-10,12H2,1-2H3,(H,18,22). The lowest BCUT2D eigenvalue weighted by molar-refractivity contribution is -0.137. The van der Waals surface area contributed by atoms with Crippen molar-refractivity contribution in [2.24, 2.45) is 7.05 Å². The van der Waals surface area contributed by atoms with Crippen LogP contribution in [-0.2, 0) is 23.1 Å². The quantitative estimate of drug-likeness (QED) is 0.916. The highest BCUT2D eigenvalue weighted by Gasteiger charge is 2.24. The second-order valence-corrected chi connectivity index (χ2v) is 5.88. The van der Waals surface area contributed by atoms with E-state index >= 15 is 0 Å². The number of amides is 1. The number of carbonyl (C=O) groups is 1. The first kappa shape index (κ1) is 15.7. The second-order valence-electron chi connectivity index (χ2n) is 5.88. The Hall–Kier alpha value is -2.18. The van der Waals surface area contributed by atoms with Crippen LogP contribution < -0.4 is 5.32 Å². The summed E-state index contributed by atoms with van der Waals surface area (Å²) in [4.78, 5) is 14.4. The summed E-state index contributed by atoms with van der Waals surface area (Å²) in [5.41, 5.74) is 2.94. The number of aromatic nitrogens is 2. The molecular weight excluding hydrogens is 292 g/mol. The monoisotopic (exact) mass is 314 g/mol. The molecule has 2 heterocycles. The molecule has 6 heteroatoms. The van der Waals surface area contributed by atoms with Crippen molar-refractivity contribution in [3.8, 4) is 11.3 Å². The molecule has 122 valence electrons. The second kappa shape index (κ2) is 6.93. The predicted octanol–water partition coefficient (Wildman–Crippen LogP) is 1.03. The van der Waals surface area contributed by atoms with Crippen LogP contribution in [-0.4, -0.2) is 53.4 Å². The maximum absolute atomic E-state index is 12.3. The van der Waals surface area contributed by atoms with E-state index in [9.17, 15) is 4.79 Å². The van der Waals surface area contributed by atoms with Crippen LogP contribution in [0.2, 0.25) is 0 Å². The van der Waals surface area contributed by atoms with Crippen molar-refractivity contribution in [1.29, 1.82) is 0 Å². The van der Waals surface area contributed by atoms with E-state index in [0.29, 0.717) is 19.7 Å². The average molecular weight is 314 g/mol. The SMILES string of the molecule is CN1CCOC(C(=O)NCc2cn(C)nc2-c2ccccc2)C1. The third-order valence-electron chi connectivity index (χ3n) is 3.97.